The first kappa shape index (κ1) is 19.3. The molecule has 0 bridgehead atoms. The molecule has 0 spiro atoms. The van der Waals surface area contributed by atoms with Gasteiger partial charge in [0.05, 0.1) is 26.4 Å². The summed E-state index contributed by atoms with van der Waals surface area (Å²) in [4.78, 5) is 12.0. The van der Waals surface area contributed by atoms with Gasteiger partial charge in [0.25, 0.3) is 5.22 Å². The molecule has 5 nitrogen and oxygen atoms in total. The molecule has 3 rings (SSSR count). The van der Waals surface area contributed by atoms with E-state index in [9.17, 15) is 4.79 Å². The van der Waals surface area contributed by atoms with Crippen LogP contribution in [0.2, 0.25) is 20.1 Å². The quantitative estimate of drug-likeness (QED) is 0.479. The van der Waals surface area contributed by atoms with Crippen LogP contribution in [0.5, 0.6) is 0 Å². The minimum atomic E-state index is -0.252. The smallest absolute Gasteiger partial charge is 0.277 e. The van der Waals surface area contributed by atoms with Crippen molar-refractivity contribution in [3.8, 4) is 11.5 Å². The van der Waals surface area contributed by atoms with E-state index in [2.05, 4.69) is 15.5 Å². The van der Waals surface area contributed by atoms with Gasteiger partial charge in [0.15, 0.2) is 0 Å². The predicted octanol–water partition coefficient (Wildman–Crippen LogP) is 6.08. The first-order chi connectivity index (χ1) is 12.4. The van der Waals surface area contributed by atoms with Gasteiger partial charge in [-0.05, 0) is 36.4 Å². The number of hydrogen-bond donors (Lipinski definition) is 1. The average Bonchev–Trinajstić information content (AvgIpc) is 3.05. The Morgan fingerprint density at radius 3 is 2.54 bits per heavy atom. The van der Waals surface area contributed by atoms with Crippen molar-refractivity contribution in [2.45, 2.75) is 5.22 Å². The average molecular weight is 449 g/mol. The van der Waals surface area contributed by atoms with Crippen LogP contribution in [0.3, 0.4) is 0 Å². The monoisotopic (exact) mass is 447 g/mol. The highest BCUT2D eigenvalue weighted by Gasteiger charge is 2.14. The first-order valence-corrected chi connectivity index (χ1v) is 9.59. The Balaban J connectivity index is 1.60. The summed E-state index contributed by atoms with van der Waals surface area (Å²) in [7, 11) is 0. The van der Waals surface area contributed by atoms with Crippen LogP contribution in [0, 0.1) is 0 Å². The molecule has 2 aromatic carbocycles. The first-order valence-electron chi connectivity index (χ1n) is 7.09. The summed E-state index contributed by atoms with van der Waals surface area (Å²) in [6.45, 7) is 0. The van der Waals surface area contributed by atoms with Crippen LogP contribution < -0.4 is 5.32 Å². The fourth-order valence-corrected chi connectivity index (χ4v) is 3.29. The molecule has 0 fully saturated rings. The number of rotatable bonds is 5. The Morgan fingerprint density at radius 2 is 1.81 bits per heavy atom. The van der Waals surface area contributed by atoms with Gasteiger partial charge < -0.3 is 9.73 Å². The van der Waals surface area contributed by atoms with Gasteiger partial charge in [0.1, 0.15) is 0 Å². The highest BCUT2D eigenvalue weighted by atomic mass is 35.5. The van der Waals surface area contributed by atoms with Gasteiger partial charge in [0.2, 0.25) is 11.8 Å². The second kappa shape index (κ2) is 8.50. The Bertz CT molecular complexity index is 964. The zero-order chi connectivity index (χ0) is 18.7. The van der Waals surface area contributed by atoms with Crippen LogP contribution in [0.15, 0.2) is 46.0 Å². The summed E-state index contributed by atoms with van der Waals surface area (Å²) in [5, 5.41) is 12.5. The van der Waals surface area contributed by atoms with Crippen molar-refractivity contribution < 1.29 is 9.21 Å². The van der Waals surface area contributed by atoms with Gasteiger partial charge in [-0.1, -0.05) is 58.2 Å². The van der Waals surface area contributed by atoms with E-state index < -0.39 is 0 Å². The lowest BCUT2D eigenvalue weighted by atomic mass is 10.2. The highest BCUT2D eigenvalue weighted by Crippen LogP contribution is 2.31. The van der Waals surface area contributed by atoms with Crippen molar-refractivity contribution >= 4 is 69.8 Å². The van der Waals surface area contributed by atoms with Gasteiger partial charge in [-0.2, -0.15) is 0 Å². The van der Waals surface area contributed by atoms with Crippen molar-refractivity contribution in [2.24, 2.45) is 0 Å². The second-order valence-corrected chi connectivity index (χ2v) is 7.55. The van der Waals surface area contributed by atoms with Gasteiger partial charge in [-0.3, -0.25) is 4.79 Å². The van der Waals surface area contributed by atoms with E-state index in [0.29, 0.717) is 31.3 Å². The third-order valence-corrected chi connectivity index (χ3v) is 5.20. The number of carbonyl (C=O) groups excluding carboxylic acids is 1. The number of carbonyl (C=O) groups is 1. The van der Waals surface area contributed by atoms with Crippen LogP contribution >= 0.6 is 58.2 Å². The molecule has 0 saturated carbocycles. The summed E-state index contributed by atoms with van der Waals surface area (Å²) < 4.78 is 5.52. The Kier molecular flexibility index (Phi) is 6.32. The molecule has 1 aromatic heterocycles. The Morgan fingerprint density at radius 1 is 1.00 bits per heavy atom. The second-order valence-electron chi connectivity index (χ2n) is 4.96. The van der Waals surface area contributed by atoms with Crippen LogP contribution in [0.4, 0.5) is 5.69 Å². The summed E-state index contributed by atoms with van der Waals surface area (Å²) in [5.74, 6) is 0.0766. The fraction of sp³-hybridized carbons (Fsp3) is 0.0625. The lowest BCUT2D eigenvalue weighted by Crippen LogP contribution is -2.13. The number of amides is 1. The maximum absolute atomic E-state index is 12.0. The predicted molar refractivity (Wildman–Crippen MR) is 106 cm³/mol. The summed E-state index contributed by atoms with van der Waals surface area (Å²) in [6, 6.07) is 9.77. The maximum Gasteiger partial charge on any atom is 0.277 e. The van der Waals surface area contributed by atoms with Crippen LogP contribution in [-0.4, -0.2) is 21.9 Å². The number of nitrogens with one attached hydrogen (secondary N) is 1. The topological polar surface area (TPSA) is 68.0 Å². The molecule has 1 N–H and O–H groups in total. The van der Waals surface area contributed by atoms with Crippen molar-refractivity contribution in [3.63, 3.8) is 0 Å². The van der Waals surface area contributed by atoms with Crippen molar-refractivity contribution in [2.75, 3.05) is 11.1 Å². The zero-order valence-corrected chi connectivity index (χ0v) is 16.6. The normalized spacial score (nSPS) is 10.8. The summed E-state index contributed by atoms with van der Waals surface area (Å²) in [5.41, 5.74) is 1.11. The van der Waals surface area contributed by atoms with Crippen molar-refractivity contribution in [1.29, 1.82) is 0 Å². The molecule has 0 aliphatic rings. The van der Waals surface area contributed by atoms with E-state index in [-0.39, 0.29) is 22.8 Å². The third kappa shape index (κ3) is 4.84. The van der Waals surface area contributed by atoms with Crippen LogP contribution in [0.25, 0.3) is 11.5 Å². The largest absolute Gasteiger partial charge is 0.411 e. The molecule has 0 saturated heterocycles. The molecule has 3 aromatic rings. The van der Waals surface area contributed by atoms with E-state index in [0.717, 1.165) is 11.8 Å². The molecule has 0 atom stereocenters. The Hall–Kier alpha value is -1.44. The molecule has 0 unspecified atom stereocenters. The number of thioether (sulfide) groups is 1. The molecule has 0 aliphatic carbocycles. The van der Waals surface area contributed by atoms with Gasteiger partial charge in [-0.25, -0.2) is 0 Å². The number of anilines is 1. The molecule has 0 aliphatic heterocycles. The number of aromatic nitrogens is 2. The van der Waals surface area contributed by atoms with Gasteiger partial charge >= 0.3 is 0 Å². The van der Waals surface area contributed by atoms with Crippen LogP contribution in [0.1, 0.15) is 0 Å². The molecule has 10 heteroatoms. The molecule has 134 valence electrons. The van der Waals surface area contributed by atoms with E-state index >= 15 is 0 Å². The SMILES string of the molecule is O=C(CSc1nnc(-c2ccc(Cl)cc2Cl)o1)Nc1ccc(Cl)c(Cl)c1. The fourth-order valence-electron chi connectivity index (χ4n) is 1.94. The zero-order valence-electron chi connectivity index (χ0n) is 12.8. The third-order valence-electron chi connectivity index (χ3n) is 3.10. The van der Waals surface area contributed by atoms with E-state index in [1.165, 1.54) is 0 Å². The molecule has 26 heavy (non-hydrogen) atoms. The molecule has 1 heterocycles. The minimum Gasteiger partial charge on any atom is -0.411 e. The lowest BCUT2D eigenvalue weighted by molar-refractivity contribution is -0.113. The maximum atomic E-state index is 12.0. The number of hydrogen-bond acceptors (Lipinski definition) is 5. The summed E-state index contributed by atoms with van der Waals surface area (Å²) >= 11 is 24.8. The van der Waals surface area contributed by atoms with Crippen molar-refractivity contribution in [3.05, 3.63) is 56.5 Å². The van der Waals surface area contributed by atoms with E-state index in [1.807, 2.05) is 0 Å². The lowest BCUT2D eigenvalue weighted by Gasteiger charge is -2.05. The number of benzene rings is 2. The highest BCUT2D eigenvalue weighted by molar-refractivity contribution is 7.99. The molecular weight excluding hydrogens is 440 g/mol. The Labute approximate surface area is 173 Å². The molecule has 0 radical (unpaired) electrons. The minimum absolute atomic E-state index is 0.0796. The standard InChI is InChI=1S/C16H9Cl4N3O2S/c17-8-1-3-10(12(19)5-8)15-22-23-16(25-15)26-7-14(24)21-9-2-4-11(18)13(20)6-9/h1-6H,7H2,(H,21,24). The molecular formula is C16H9Cl4N3O2S. The van der Waals surface area contributed by atoms with E-state index in [4.69, 9.17) is 50.8 Å². The van der Waals surface area contributed by atoms with Crippen molar-refractivity contribution in [1.82, 2.24) is 10.2 Å². The van der Waals surface area contributed by atoms with Crippen LogP contribution in [-0.2, 0) is 4.79 Å². The van der Waals surface area contributed by atoms with Gasteiger partial charge in [0, 0.05) is 10.7 Å². The van der Waals surface area contributed by atoms with E-state index in [1.54, 1.807) is 36.4 Å². The molecule has 1 amide bonds. The van der Waals surface area contributed by atoms with Gasteiger partial charge in [-0.15, -0.1) is 10.2 Å². The number of nitrogens with zero attached hydrogens (tertiary/aromatic N) is 2. The number of halogens is 4. The summed E-state index contributed by atoms with van der Waals surface area (Å²) in [6.07, 6.45) is 0.